The summed E-state index contributed by atoms with van der Waals surface area (Å²) >= 11 is 0. The van der Waals surface area contributed by atoms with Crippen LogP contribution in [-0.2, 0) is 4.74 Å². The van der Waals surface area contributed by atoms with Gasteiger partial charge in [0.05, 0.1) is 18.5 Å². The number of nitrogens with one attached hydrogen (secondary N) is 2. The average Bonchev–Trinajstić information content (AvgIpc) is 2.90. The smallest absolute Gasteiger partial charge is 0.354 e. The minimum absolute atomic E-state index is 0.0611. The van der Waals surface area contributed by atoms with Crippen molar-refractivity contribution in [2.24, 2.45) is 5.92 Å². The van der Waals surface area contributed by atoms with Crippen molar-refractivity contribution >= 4 is 17.7 Å². The van der Waals surface area contributed by atoms with Crippen LogP contribution in [0, 0.1) is 5.92 Å². The van der Waals surface area contributed by atoms with Gasteiger partial charge in [0.25, 0.3) is 0 Å². The third kappa shape index (κ3) is 3.92. The molecule has 0 radical (unpaired) electrons. The highest BCUT2D eigenvalue weighted by Crippen LogP contribution is 2.11. The van der Waals surface area contributed by atoms with Gasteiger partial charge in [0.1, 0.15) is 5.69 Å². The molecule has 102 valence electrons. The van der Waals surface area contributed by atoms with Gasteiger partial charge in [0.15, 0.2) is 0 Å². The molecule has 0 bridgehead atoms. The van der Waals surface area contributed by atoms with Gasteiger partial charge in [0.2, 0.25) is 0 Å². The van der Waals surface area contributed by atoms with Gasteiger partial charge in [-0.15, -0.1) is 0 Å². The largest absolute Gasteiger partial charge is 0.477 e. The van der Waals surface area contributed by atoms with Gasteiger partial charge in [-0.05, 0) is 18.6 Å². The SMILES string of the molecule is O=C(NCC1CCOC1)Nc1ccc(C(=O)O)nc1. The van der Waals surface area contributed by atoms with E-state index < -0.39 is 5.97 Å². The van der Waals surface area contributed by atoms with Crippen LogP contribution in [-0.4, -0.2) is 41.8 Å². The third-order valence-electron chi connectivity index (χ3n) is 2.82. The number of nitrogens with zero attached hydrogens (tertiary/aromatic N) is 1. The molecular formula is C12H15N3O4. The molecular weight excluding hydrogens is 250 g/mol. The molecule has 0 aliphatic carbocycles. The number of carbonyl (C=O) groups is 2. The number of ether oxygens (including phenoxy) is 1. The quantitative estimate of drug-likeness (QED) is 0.752. The number of carboxylic acid groups (broad SMARTS) is 1. The van der Waals surface area contributed by atoms with Gasteiger partial charge in [-0.3, -0.25) is 0 Å². The summed E-state index contributed by atoms with van der Waals surface area (Å²) in [5, 5.41) is 14.0. The molecule has 3 N–H and O–H groups in total. The monoisotopic (exact) mass is 265 g/mol. The third-order valence-corrected chi connectivity index (χ3v) is 2.82. The lowest BCUT2D eigenvalue weighted by molar-refractivity contribution is 0.0690. The summed E-state index contributed by atoms with van der Waals surface area (Å²) in [7, 11) is 0. The number of carbonyl (C=O) groups excluding carboxylic acids is 1. The second kappa shape index (κ2) is 6.14. The molecule has 0 saturated carbocycles. The number of carboxylic acids is 1. The van der Waals surface area contributed by atoms with Gasteiger partial charge in [-0.25, -0.2) is 14.6 Å². The van der Waals surface area contributed by atoms with Crippen LogP contribution >= 0.6 is 0 Å². The minimum Gasteiger partial charge on any atom is -0.477 e. The van der Waals surface area contributed by atoms with Gasteiger partial charge < -0.3 is 20.5 Å². The summed E-state index contributed by atoms with van der Waals surface area (Å²) in [5.41, 5.74) is 0.388. The van der Waals surface area contributed by atoms with Gasteiger partial charge in [-0.2, -0.15) is 0 Å². The molecule has 2 rings (SSSR count). The lowest BCUT2D eigenvalue weighted by atomic mass is 10.1. The fraction of sp³-hybridized carbons (Fsp3) is 0.417. The molecule has 1 atom stereocenters. The van der Waals surface area contributed by atoms with Crippen LogP contribution in [0.2, 0.25) is 0 Å². The van der Waals surface area contributed by atoms with Crippen molar-refractivity contribution in [1.82, 2.24) is 10.3 Å². The Morgan fingerprint density at radius 2 is 2.32 bits per heavy atom. The first-order chi connectivity index (χ1) is 9.15. The van der Waals surface area contributed by atoms with E-state index in [0.717, 1.165) is 13.0 Å². The molecule has 1 aliphatic heterocycles. The lowest BCUT2D eigenvalue weighted by Gasteiger charge is -2.10. The number of hydrogen-bond acceptors (Lipinski definition) is 4. The Balaban J connectivity index is 1.79. The van der Waals surface area contributed by atoms with Crippen molar-refractivity contribution in [2.45, 2.75) is 6.42 Å². The number of urea groups is 1. The highest BCUT2D eigenvalue weighted by molar-refractivity contribution is 5.90. The summed E-state index contributed by atoms with van der Waals surface area (Å²) in [6.45, 7) is 1.98. The molecule has 1 fully saturated rings. The van der Waals surface area contributed by atoms with E-state index >= 15 is 0 Å². The molecule has 19 heavy (non-hydrogen) atoms. The maximum absolute atomic E-state index is 11.6. The normalized spacial score (nSPS) is 18.0. The summed E-state index contributed by atoms with van der Waals surface area (Å²) in [6.07, 6.45) is 2.26. The van der Waals surface area contributed by atoms with Crippen LogP contribution in [0.3, 0.4) is 0 Å². The molecule has 0 aromatic carbocycles. The average molecular weight is 265 g/mol. The molecule has 1 aromatic rings. The number of hydrogen-bond donors (Lipinski definition) is 3. The van der Waals surface area contributed by atoms with Crippen molar-refractivity contribution in [3.8, 4) is 0 Å². The van der Waals surface area contributed by atoms with E-state index in [1.165, 1.54) is 18.3 Å². The van der Waals surface area contributed by atoms with E-state index in [1.54, 1.807) is 0 Å². The number of rotatable bonds is 4. The number of pyridine rings is 1. The Morgan fingerprint density at radius 1 is 1.47 bits per heavy atom. The van der Waals surface area contributed by atoms with E-state index in [2.05, 4.69) is 15.6 Å². The first-order valence-corrected chi connectivity index (χ1v) is 5.97. The Hall–Kier alpha value is -2.15. The lowest BCUT2D eigenvalue weighted by Crippen LogP contribution is -2.33. The molecule has 7 nitrogen and oxygen atoms in total. The summed E-state index contributed by atoms with van der Waals surface area (Å²) in [4.78, 5) is 25.9. The first kappa shape index (κ1) is 13.3. The number of amides is 2. The maximum atomic E-state index is 11.6. The fourth-order valence-corrected chi connectivity index (χ4v) is 1.75. The van der Waals surface area contributed by atoms with E-state index in [1.807, 2.05) is 0 Å². The molecule has 1 aromatic heterocycles. The predicted octanol–water partition coefficient (Wildman–Crippen LogP) is 0.938. The van der Waals surface area contributed by atoms with E-state index in [4.69, 9.17) is 9.84 Å². The Morgan fingerprint density at radius 3 is 2.89 bits per heavy atom. The van der Waals surface area contributed by atoms with Crippen molar-refractivity contribution in [3.05, 3.63) is 24.0 Å². The molecule has 2 amide bonds. The molecule has 1 saturated heterocycles. The van der Waals surface area contributed by atoms with E-state index in [-0.39, 0.29) is 11.7 Å². The van der Waals surface area contributed by atoms with Gasteiger partial charge in [-0.1, -0.05) is 0 Å². The fourth-order valence-electron chi connectivity index (χ4n) is 1.75. The zero-order valence-corrected chi connectivity index (χ0v) is 10.3. The van der Waals surface area contributed by atoms with Crippen LogP contribution < -0.4 is 10.6 Å². The standard InChI is InChI=1S/C12H15N3O4/c16-11(17)10-2-1-9(6-13-10)15-12(18)14-5-8-3-4-19-7-8/h1-2,6,8H,3-5,7H2,(H,16,17)(H2,14,15,18). The Kier molecular flexibility index (Phi) is 4.30. The van der Waals surface area contributed by atoms with Crippen molar-refractivity contribution in [3.63, 3.8) is 0 Å². The zero-order valence-electron chi connectivity index (χ0n) is 10.3. The summed E-state index contributed by atoms with van der Waals surface area (Å²) in [5.74, 6) is -0.740. The van der Waals surface area contributed by atoms with Crippen LogP contribution in [0.15, 0.2) is 18.3 Å². The van der Waals surface area contributed by atoms with Crippen molar-refractivity contribution in [1.29, 1.82) is 0 Å². The van der Waals surface area contributed by atoms with E-state index in [9.17, 15) is 9.59 Å². The molecule has 7 heteroatoms. The highest BCUT2D eigenvalue weighted by Gasteiger charge is 2.16. The topological polar surface area (TPSA) is 101 Å². The highest BCUT2D eigenvalue weighted by atomic mass is 16.5. The maximum Gasteiger partial charge on any atom is 0.354 e. The van der Waals surface area contributed by atoms with Gasteiger partial charge in [0, 0.05) is 19.1 Å². The Bertz CT molecular complexity index is 455. The van der Waals surface area contributed by atoms with Crippen LogP contribution in [0.25, 0.3) is 0 Å². The van der Waals surface area contributed by atoms with Crippen LogP contribution in [0.5, 0.6) is 0 Å². The molecule has 1 unspecified atom stereocenters. The Labute approximate surface area is 110 Å². The summed E-state index contributed by atoms with van der Waals surface area (Å²) < 4.78 is 5.21. The van der Waals surface area contributed by atoms with E-state index in [0.29, 0.717) is 24.8 Å². The number of aromatic nitrogens is 1. The number of aromatic carboxylic acids is 1. The van der Waals surface area contributed by atoms with Crippen molar-refractivity contribution < 1.29 is 19.4 Å². The molecule has 0 spiro atoms. The molecule has 1 aliphatic rings. The zero-order chi connectivity index (χ0) is 13.7. The van der Waals surface area contributed by atoms with Gasteiger partial charge >= 0.3 is 12.0 Å². The second-order valence-electron chi connectivity index (χ2n) is 4.30. The number of anilines is 1. The summed E-state index contributed by atoms with van der Waals surface area (Å²) in [6, 6.07) is 2.49. The molecule has 2 heterocycles. The first-order valence-electron chi connectivity index (χ1n) is 5.97. The van der Waals surface area contributed by atoms with Crippen LogP contribution in [0.4, 0.5) is 10.5 Å². The second-order valence-corrected chi connectivity index (χ2v) is 4.30. The van der Waals surface area contributed by atoms with Crippen molar-refractivity contribution in [2.75, 3.05) is 25.1 Å². The predicted molar refractivity (Wildman–Crippen MR) is 67.1 cm³/mol. The van der Waals surface area contributed by atoms with Crippen LogP contribution in [0.1, 0.15) is 16.9 Å². The minimum atomic E-state index is -1.10.